The van der Waals surface area contributed by atoms with Crippen molar-refractivity contribution in [2.45, 2.75) is 43.7 Å². The molecule has 0 amide bonds. The van der Waals surface area contributed by atoms with Gasteiger partial charge in [0.25, 0.3) is 0 Å². The Balaban J connectivity index is 2.33. The van der Waals surface area contributed by atoms with Crippen LogP contribution < -0.4 is 5.73 Å². The van der Waals surface area contributed by atoms with E-state index in [0.29, 0.717) is 6.42 Å². The molecule has 0 aromatic heterocycles. The fourth-order valence-electron chi connectivity index (χ4n) is 1.81. The summed E-state index contributed by atoms with van der Waals surface area (Å²) in [5.74, 6) is 0. The van der Waals surface area contributed by atoms with Crippen LogP contribution in [-0.4, -0.2) is 23.4 Å². The minimum absolute atomic E-state index is 0.272. The molecule has 1 rings (SSSR count). The van der Waals surface area contributed by atoms with E-state index in [1.165, 1.54) is 0 Å². The monoisotopic (exact) mass is 161 g/mol. The second-order valence-electron chi connectivity index (χ2n) is 3.58. The average molecular weight is 161 g/mol. The highest BCUT2D eigenvalue weighted by atomic mass is 19.1. The summed E-state index contributed by atoms with van der Waals surface area (Å²) in [4.78, 5) is 0. The van der Waals surface area contributed by atoms with Crippen LogP contribution in [0.1, 0.15) is 32.1 Å². The van der Waals surface area contributed by atoms with Crippen LogP contribution in [0.5, 0.6) is 0 Å². The normalized spacial score (nSPS) is 25.4. The molecule has 1 atom stereocenters. The molecular weight excluding hydrogens is 145 g/mol. The Morgan fingerprint density at radius 2 is 2.00 bits per heavy atom. The van der Waals surface area contributed by atoms with Crippen molar-refractivity contribution in [1.82, 2.24) is 0 Å². The lowest BCUT2D eigenvalue weighted by molar-refractivity contribution is 0.104. The molecule has 1 aliphatic carbocycles. The topological polar surface area (TPSA) is 46.2 Å². The zero-order valence-electron chi connectivity index (χ0n) is 6.72. The van der Waals surface area contributed by atoms with Gasteiger partial charge in [-0.2, -0.15) is 0 Å². The summed E-state index contributed by atoms with van der Waals surface area (Å²) in [6, 6.07) is 0. The van der Waals surface area contributed by atoms with Crippen molar-refractivity contribution in [2.75, 3.05) is 6.67 Å². The molecule has 0 saturated heterocycles. The van der Waals surface area contributed by atoms with Gasteiger partial charge in [-0.3, -0.25) is 0 Å². The standard InChI is InChI=1S/C8H16FNO/c9-6-7(11)5-8(10)3-1-2-4-8/h7,11H,1-6,10H2. The Labute approximate surface area is 66.6 Å². The minimum atomic E-state index is -0.849. The maximum Gasteiger partial charge on any atom is 0.115 e. The highest BCUT2D eigenvalue weighted by Gasteiger charge is 2.31. The van der Waals surface area contributed by atoms with E-state index in [-0.39, 0.29) is 5.54 Å². The third-order valence-electron chi connectivity index (χ3n) is 2.42. The van der Waals surface area contributed by atoms with Gasteiger partial charge in [-0.25, -0.2) is 4.39 Å². The summed E-state index contributed by atoms with van der Waals surface area (Å²) in [6.07, 6.45) is 3.68. The maximum atomic E-state index is 11.9. The molecule has 1 aliphatic rings. The van der Waals surface area contributed by atoms with Gasteiger partial charge in [0.1, 0.15) is 6.67 Å². The summed E-state index contributed by atoms with van der Waals surface area (Å²) in [5, 5.41) is 9.03. The number of aliphatic hydroxyl groups excluding tert-OH is 1. The molecule has 1 unspecified atom stereocenters. The molecule has 0 aliphatic heterocycles. The van der Waals surface area contributed by atoms with Gasteiger partial charge in [0.15, 0.2) is 0 Å². The van der Waals surface area contributed by atoms with Gasteiger partial charge >= 0.3 is 0 Å². The molecule has 0 heterocycles. The smallest absolute Gasteiger partial charge is 0.115 e. The summed E-state index contributed by atoms with van der Waals surface area (Å²) in [7, 11) is 0. The lowest BCUT2D eigenvalue weighted by Gasteiger charge is -2.25. The minimum Gasteiger partial charge on any atom is -0.390 e. The van der Waals surface area contributed by atoms with Crippen molar-refractivity contribution < 1.29 is 9.50 Å². The Bertz CT molecular complexity index is 123. The summed E-state index contributed by atoms with van der Waals surface area (Å²) >= 11 is 0. The predicted molar refractivity (Wildman–Crippen MR) is 42.0 cm³/mol. The molecule has 0 radical (unpaired) electrons. The first kappa shape index (κ1) is 8.94. The molecule has 1 fully saturated rings. The first-order chi connectivity index (χ1) is 5.16. The molecular formula is C8H16FNO. The van der Waals surface area contributed by atoms with Gasteiger partial charge in [-0.1, -0.05) is 12.8 Å². The van der Waals surface area contributed by atoms with E-state index in [2.05, 4.69) is 0 Å². The number of alkyl halides is 1. The molecule has 3 N–H and O–H groups in total. The first-order valence-electron chi connectivity index (χ1n) is 4.19. The van der Waals surface area contributed by atoms with Crippen LogP contribution in [0.2, 0.25) is 0 Å². The fraction of sp³-hybridized carbons (Fsp3) is 1.00. The van der Waals surface area contributed by atoms with Crippen molar-refractivity contribution in [2.24, 2.45) is 5.73 Å². The highest BCUT2D eigenvalue weighted by molar-refractivity contribution is 4.90. The van der Waals surface area contributed by atoms with Gasteiger partial charge in [0.05, 0.1) is 6.10 Å². The predicted octanol–water partition coefficient (Wildman–Crippen LogP) is 0.978. The second kappa shape index (κ2) is 3.50. The summed E-state index contributed by atoms with van der Waals surface area (Å²) < 4.78 is 11.9. The molecule has 11 heavy (non-hydrogen) atoms. The lowest BCUT2D eigenvalue weighted by atomic mass is 9.92. The number of hydrogen-bond donors (Lipinski definition) is 2. The third-order valence-corrected chi connectivity index (χ3v) is 2.42. The van der Waals surface area contributed by atoms with E-state index in [1.54, 1.807) is 0 Å². The zero-order chi connectivity index (χ0) is 8.32. The van der Waals surface area contributed by atoms with Crippen LogP contribution in [0.15, 0.2) is 0 Å². The fourth-order valence-corrected chi connectivity index (χ4v) is 1.81. The van der Waals surface area contributed by atoms with Crippen LogP contribution in [0.4, 0.5) is 4.39 Å². The van der Waals surface area contributed by atoms with Gasteiger partial charge in [-0.15, -0.1) is 0 Å². The maximum absolute atomic E-state index is 11.9. The molecule has 1 saturated carbocycles. The number of rotatable bonds is 3. The van der Waals surface area contributed by atoms with Crippen LogP contribution >= 0.6 is 0 Å². The molecule has 66 valence electrons. The van der Waals surface area contributed by atoms with E-state index < -0.39 is 12.8 Å². The van der Waals surface area contributed by atoms with E-state index in [4.69, 9.17) is 10.8 Å². The van der Waals surface area contributed by atoms with Crippen molar-refractivity contribution in [3.8, 4) is 0 Å². The summed E-state index contributed by atoms with van der Waals surface area (Å²) in [5.41, 5.74) is 5.64. The molecule has 0 spiro atoms. The van der Waals surface area contributed by atoms with Gasteiger partial charge in [0, 0.05) is 5.54 Å². The average Bonchev–Trinajstić information content (AvgIpc) is 2.36. The van der Waals surface area contributed by atoms with Crippen LogP contribution in [-0.2, 0) is 0 Å². The largest absolute Gasteiger partial charge is 0.390 e. The molecule has 0 aromatic carbocycles. The molecule has 3 heteroatoms. The highest BCUT2D eigenvalue weighted by Crippen LogP contribution is 2.30. The Kier molecular flexibility index (Phi) is 2.84. The second-order valence-corrected chi connectivity index (χ2v) is 3.58. The Morgan fingerprint density at radius 3 is 2.45 bits per heavy atom. The van der Waals surface area contributed by atoms with Crippen molar-refractivity contribution in [3.05, 3.63) is 0 Å². The van der Waals surface area contributed by atoms with E-state index in [1.807, 2.05) is 0 Å². The van der Waals surface area contributed by atoms with Gasteiger partial charge < -0.3 is 10.8 Å². The molecule has 2 nitrogen and oxygen atoms in total. The number of nitrogens with two attached hydrogens (primary N) is 1. The number of halogens is 1. The van der Waals surface area contributed by atoms with E-state index >= 15 is 0 Å². The first-order valence-corrected chi connectivity index (χ1v) is 4.19. The van der Waals surface area contributed by atoms with Gasteiger partial charge in [0.2, 0.25) is 0 Å². The van der Waals surface area contributed by atoms with E-state index in [0.717, 1.165) is 25.7 Å². The van der Waals surface area contributed by atoms with E-state index in [9.17, 15) is 4.39 Å². The van der Waals surface area contributed by atoms with Gasteiger partial charge in [-0.05, 0) is 19.3 Å². The number of aliphatic hydroxyl groups is 1. The molecule has 0 aromatic rings. The quantitative estimate of drug-likeness (QED) is 0.648. The van der Waals surface area contributed by atoms with Crippen LogP contribution in [0.25, 0.3) is 0 Å². The SMILES string of the molecule is NC1(CC(O)CF)CCCC1. The third kappa shape index (κ3) is 2.42. The zero-order valence-corrected chi connectivity index (χ0v) is 6.72. The lowest BCUT2D eigenvalue weighted by Crippen LogP contribution is -2.40. The van der Waals surface area contributed by atoms with Crippen LogP contribution in [0, 0.1) is 0 Å². The Hall–Kier alpha value is -0.150. The van der Waals surface area contributed by atoms with Crippen LogP contribution in [0.3, 0.4) is 0 Å². The van der Waals surface area contributed by atoms with Crippen molar-refractivity contribution >= 4 is 0 Å². The van der Waals surface area contributed by atoms with Crippen molar-refractivity contribution in [1.29, 1.82) is 0 Å². The number of hydrogen-bond acceptors (Lipinski definition) is 2. The summed E-state index contributed by atoms with van der Waals surface area (Å²) in [6.45, 7) is -0.668. The van der Waals surface area contributed by atoms with Crippen molar-refractivity contribution in [3.63, 3.8) is 0 Å². The Morgan fingerprint density at radius 1 is 1.45 bits per heavy atom. The molecule has 0 bridgehead atoms.